The first-order chi connectivity index (χ1) is 9.19. The molecule has 0 saturated carbocycles. The SMILES string of the molecule is CCN1CCN(C(=O)CCc2ccc(C)cc2)CC1. The number of piperazine rings is 1. The summed E-state index contributed by atoms with van der Waals surface area (Å²) in [6.45, 7) is 9.17. The van der Waals surface area contributed by atoms with Gasteiger partial charge < -0.3 is 9.80 Å². The van der Waals surface area contributed by atoms with Gasteiger partial charge in [-0.25, -0.2) is 0 Å². The van der Waals surface area contributed by atoms with Crippen molar-refractivity contribution in [2.75, 3.05) is 32.7 Å². The van der Waals surface area contributed by atoms with Crippen LogP contribution in [0.3, 0.4) is 0 Å². The molecule has 3 nitrogen and oxygen atoms in total. The molecule has 1 aromatic carbocycles. The topological polar surface area (TPSA) is 23.6 Å². The molecule has 1 amide bonds. The Balaban J connectivity index is 1.77. The van der Waals surface area contributed by atoms with Crippen LogP contribution in [0.2, 0.25) is 0 Å². The van der Waals surface area contributed by atoms with Crippen LogP contribution in [-0.2, 0) is 11.2 Å². The van der Waals surface area contributed by atoms with Gasteiger partial charge in [0.1, 0.15) is 0 Å². The van der Waals surface area contributed by atoms with Crippen LogP contribution in [0.4, 0.5) is 0 Å². The summed E-state index contributed by atoms with van der Waals surface area (Å²) < 4.78 is 0. The normalized spacial score (nSPS) is 16.6. The Kier molecular flexibility index (Phi) is 4.97. The Morgan fingerprint density at radius 2 is 1.74 bits per heavy atom. The van der Waals surface area contributed by atoms with Crippen molar-refractivity contribution >= 4 is 5.91 Å². The number of likely N-dealkylation sites (N-methyl/N-ethyl adjacent to an activating group) is 1. The quantitative estimate of drug-likeness (QED) is 0.827. The standard InChI is InChI=1S/C16H24N2O/c1-3-17-10-12-18(13-11-17)16(19)9-8-15-6-4-14(2)5-7-15/h4-7H,3,8-13H2,1-2H3. The summed E-state index contributed by atoms with van der Waals surface area (Å²) in [7, 11) is 0. The van der Waals surface area contributed by atoms with Gasteiger partial charge in [-0.15, -0.1) is 0 Å². The van der Waals surface area contributed by atoms with Crippen LogP contribution in [0.15, 0.2) is 24.3 Å². The highest BCUT2D eigenvalue weighted by molar-refractivity contribution is 5.76. The summed E-state index contributed by atoms with van der Waals surface area (Å²) in [6, 6.07) is 8.47. The van der Waals surface area contributed by atoms with E-state index in [-0.39, 0.29) is 0 Å². The lowest BCUT2D eigenvalue weighted by molar-refractivity contribution is -0.132. The zero-order valence-electron chi connectivity index (χ0n) is 12.1. The van der Waals surface area contributed by atoms with Crippen LogP contribution in [0.1, 0.15) is 24.5 Å². The highest BCUT2D eigenvalue weighted by atomic mass is 16.2. The van der Waals surface area contributed by atoms with Gasteiger partial charge in [-0.05, 0) is 25.5 Å². The maximum absolute atomic E-state index is 12.1. The molecule has 0 radical (unpaired) electrons. The third-order valence-corrected chi connectivity index (χ3v) is 3.92. The van der Waals surface area contributed by atoms with Gasteiger partial charge in [-0.2, -0.15) is 0 Å². The van der Waals surface area contributed by atoms with Crippen LogP contribution in [0.5, 0.6) is 0 Å². The van der Waals surface area contributed by atoms with Gasteiger partial charge in [0.15, 0.2) is 0 Å². The molecular weight excluding hydrogens is 236 g/mol. The first kappa shape index (κ1) is 14.1. The Morgan fingerprint density at radius 3 is 2.32 bits per heavy atom. The van der Waals surface area contributed by atoms with Crippen molar-refractivity contribution in [1.29, 1.82) is 0 Å². The number of rotatable bonds is 4. The number of aryl methyl sites for hydroxylation is 2. The highest BCUT2D eigenvalue weighted by Gasteiger charge is 2.19. The second kappa shape index (κ2) is 6.71. The average molecular weight is 260 g/mol. The van der Waals surface area contributed by atoms with E-state index in [2.05, 4.69) is 43.0 Å². The molecule has 1 aliphatic heterocycles. The molecule has 1 saturated heterocycles. The fourth-order valence-corrected chi connectivity index (χ4v) is 2.48. The number of carbonyl (C=O) groups excluding carboxylic acids is 1. The van der Waals surface area contributed by atoms with Gasteiger partial charge >= 0.3 is 0 Å². The molecular formula is C16H24N2O. The molecule has 0 spiro atoms. The summed E-state index contributed by atoms with van der Waals surface area (Å²) >= 11 is 0. The van der Waals surface area contributed by atoms with Crippen molar-refractivity contribution in [3.63, 3.8) is 0 Å². The van der Waals surface area contributed by atoms with Crippen molar-refractivity contribution in [1.82, 2.24) is 9.80 Å². The minimum absolute atomic E-state index is 0.302. The van der Waals surface area contributed by atoms with Crippen molar-refractivity contribution in [3.05, 3.63) is 35.4 Å². The third kappa shape index (κ3) is 4.06. The van der Waals surface area contributed by atoms with E-state index in [1.165, 1.54) is 11.1 Å². The predicted molar refractivity (Wildman–Crippen MR) is 78.2 cm³/mol. The summed E-state index contributed by atoms with van der Waals surface area (Å²) in [4.78, 5) is 16.5. The Morgan fingerprint density at radius 1 is 1.11 bits per heavy atom. The fraction of sp³-hybridized carbons (Fsp3) is 0.562. The van der Waals surface area contributed by atoms with E-state index in [1.54, 1.807) is 0 Å². The smallest absolute Gasteiger partial charge is 0.222 e. The third-order valence-electron chi connectivity index (χ3n) is 3.92. The molecule has 0 aromatic heterocycles. The Bertz CT molecular complexity index is 405. The van der Waals surface area contributed by atoms with Gasteiger partial charge in [0.05, 0.1) is 0 Å². The van der Waals surface area contributed by atoms with Crippen molar-refractivity contribution in [3.8, 4) is 0 Å². The van der Waals surface area contributed by atoms with E-state index in [4.69, 9.17) is 0 Å². The van der Waals surface area contributed by atoms with Gasteiger partial charge in [-0.1, -0.05) is 36.8 Å². The second-order valence-corrected chi connectivity index (χ2v) is 5.30. The molecule has 1 fully saturated rings. The Labute approximate surface area is 116 Å². The van der Waals surface area contributed by atoms with Gasteiger partial charge in [0.25, 0.3) is 0 Å². The van der Waals surface area contributed by atoms with E-state index in [1.807, 2.05) is 4.90 Å². The van der Waals surface area contributed by atoms with Gasteiger partial charge in [0, 0.05) is 32.6 Å². The monoisotopic (exact) mass is 260 g/mol. The number of benzene rings is 1. The zero-order chi connectivity index (χ0) is 13.7. The van der Waals surface area contributed by atoms with E-state index in [0.717, 1.165) is 39.1 Å². The molecule has 104 valence electrons. The number of nitrogens with zero attached hydrogens (tertiary/aromatic N) is 2. The van der Waals surface area contributed by atoms with E-state index in [9.17, 15) is 4.79 Å². The molecule has 1 heterocycles. The van der Waals surface area contributed by atoms with Crippen LogP contribution >= 0.6 is 0 Å². The maximum atomic E-state index is 12.1. The number of carbonyl (C=O) groups is 1. The molecule has 1 aromatic rings. The van der Waals surface area contributed by atoms with Crippen LogP contribution in [0, 0.1) is 6.92 Å². The molecule has 0 bridgehead atoms. The highest BCUT2D eigenvalue weighted by Crippen LogP contribution is 2.09. The van der Waals surface area contributed by atoms with Gasteiger partial charge in [0.2, 0.25) is 5.91 Å². The predicted octanol–water partition coefficient (Wildman–Crippen LogP) is 2.09. The lowest BCUT2D eigenvalue weighted by Crippen LogP contribution is -2.48. The summed E-state index contributed by atoms with van der Waals surface area (Å²) in [6.07, 6.45) is 1.49. The zero-order valence-corrected chi connectivity index (χ0v) is 12.1. The first-order valence-electron chi connectivity index (χ1n) is 7.24. The van der Waals surface area contributed by atoms with Crippen molar-refractivity contribution < 1.29 is 4.79 Å². The molecule has 2 rings (SSSR count). The number of hydrogen-bond donors (Lipinski definition) is 0. The lowest BCUT2D eigenvalue weighted by atomic mass is 10.1. The molecule has 0 unspecified atom stereocenters. The summed E-state index contributed by atoms with van der Waals surface area (Å²) in [5, 5.41) is 0. The number of hydrogen-bond acceptors (Lipinski definition) is 2. The second-order valence-electron chi connectivity index (χ2n) is 5.30. The maximum Gasteiger partial charge on any atom is 0.222 e. The Hall–Kier alpha value is -1.35. The molecule has 0 N–H and O–H groups in total. The fourth-order valence-electron chi connectivity index (χ4n) is 2.48. The van der Waals surface area contributed by atoms with Gasteiger partial charge in [-0.3, -0.25) is 4.79 Å². The summed E-state index contributed by atoms with van der Waals surface area (Å²) in [5.74, 6) is 0.302. The largest absolute Gasteiger partial charge is 0.340 e. The van der Waals surface area contributed by atoms with Crippen molar-refractivity contribution in [2.45, 2.75) is 26.7 Å². The molecule has 19 heavy (non-hydrogen) atoms. The minimum Gasteiger partial charge on any atom is -0.340 e. The number of amides is 1. The van der Waals surface area contributed by atoms with E-state index in [0.29, 0.717) is 12.3 Å². The summed E-state index contributed by atoms with van der Waals surface area (Å²) in [5.41, 5.74) is 2.52. The lowest BCUT2D eigenvalue weighted by Gasteiger charge is -2.34. The molecule has 0 atom stereocenters. The van der Waals surface area contributed by atoms with E-state index >= 15 is 0 Å². The van der Waals surface area contributed by atoms with Crippen LogP contribution in [-0.4, -0.2) is 48.4 Å². The molecule has 0 aliphatic carbocycles. The minimum atomic E-state index is 0.302. The van der Waals surface area contributed by atoms with Crippen LogP contribution < -0.4 is 0 Å². The van der Waals surface area contributed by atoms with E-state index < -0.39 is 0 Å². The average Bonchev–Trinajstić information content (AvgIpc) is 2.46. The molecule has 3 heteroatoms. The van der Waals surface area contributed by atoms with Crippen molar-refractivity contribution in [2.24, 2.45) is 0 Å². The van der Waals surface area contributed by atoms with Crippen LogP contribution in [0.25, 0.3) is 0 Å². The first-order valence-corrected chi connectivity index (χ1v) is 7.24. The molecule has 1 aliphatic rings.